The fourth-order valence-electron chi connectivity index (χ4n) is 2.06. The molecular weight excluding hydrogens is 310 g/mol. The first-order chi connectivity index (χ1) is 9.83. The summed E-state index contributed by atoms with van der Waals surface area (Å²) in [4.78, 5) is 0.159. The van der Waals surface area contributed by atoms with Gasteiger partial charge in [-0.15, -0.1) is 0 Å². The molecule has 6 heteroatoms. The number of rotatable bonds is 4. The van der Waals surface area contributed by atoms with Crippen molar-refractivity contribution >= 4 is 27.3 Å². The van der Waals surface area contributed by atoms with Gasteiger partial charge in [-0.25, -0.2) is 8.42 Å². The molecule has 0 spiro atoms. The molecule has 2 rings (SSSR count). The lowest BCUT2D eigenvalue weighted by Gasteiger charge is -2.13. The number of aliphatic hydroxyl groups is 1. The van der Waals surface area contributed by atoms with Crippen molar-refractivity contribution < 1.29 is 13.5 Å². The Hall–Kier alpha value is -1.56. The maximum Gasteiger partial charge on any atom is 0.262 e. The molecule has 0 unspecified atom stereocenters. The van der Waals surface area contributed by atoms with Crippen molar-refractivity contribution in [2.75, 3.05) is 4.72 Å². The molecule has 0 aliphatic rings. The van der Waals surface area contributed by atoms with E-state index in [0.717, 1.165) is 5.56 Å². The third-order valence-corrected chi connectivity index (χ3v) is 4.97. The molecule has 112 valence electrons. The summed E-state index contributed by atoms with van der Waals surface area (Å²) >= 11 is 5.78. The molecule has 4 nitrogen and oxygen atoms in total. The lowest BCUT2D eigenvalue weighted by molar-refractivity contribution is 0.280. The SMILES string of the molecule is Cc1cc(C)c(S(=O)(=O)Nc2ccc(Cl)cc2)cc1CO. The van der Waals surface area contributed by atoms with Gasteiger partial charge in [0.05, 0.1) is 11.5 Å². The first-order valence-electron chi connectivity index (χ1n) is 6.33. The maximum atomic E-state index is 12.5. The molecule has 2 N–H and O–H groups in total. The minimum atomic E-state index is -3.71. The minimum absolute atomic E-state index is 0.159. The molecule has 2 aromatic carbocycles. The van der Waals surface area contributed by atoms with E-state index in [2.05, 4.69) is 4.72 Å². The Morgan fingerprint density at radius 1 is 1.10 bits per heavy atom. The van der Waals surface area contributed by atoms with Gasteiger partial charge in [0, 0.05) is 10.7 Å². The van der Waals surface area contributed by atoms with Gasteiger partial charge in [0.25, 0.3) is 10.0 Å². The molecule has 21 heavy (non-hydrogen) atoms. The fourth-order valence-corrected chi connectivity index (χ4v) is 3.52. The molecule has 0 aromatic heterocycles. The van der Waals surface area contributed by atoms with Crippen LogP contribution < -0.4 is 4.72 Å². The van der Waals surface area contributed by atoms with Crippen LogP contribution >= 0.6 is 11.6 Å². The zero-order valence-corrected chi connectivity index (χ0v) is 13.3. The van der Waals surface area contributed by atoms with Crippen molar-refractivity contribution in [1.82, 2.24) is 0 Å². The fraction of sp³-hybridized carbons (Fsp3) is 0.200. The standard InChI is InChI=1S/C15H16ClNO3S/c1-10-7-11(2)15(8-12(10)9-18)21(19,20)17-14-5-3-13(16)4-6-14/h3-8,17-18H,9H2,1-2H3. The van der Waals surface area contributed by atoms with Gasteiger partial charge >= 0.3 is 0 Å². The number of aryl methyl sites for hydroxylation is 2. The van der Waals surface area contributed by atoms with Crippen LogP contribution in [0.2, 0.25) is 5.02 Å². The third-order valence-electron chi connectivity index (χ3n) is 3.19. The molecular formula is C15H16ClNO3S. The van der Waals surface area contributed by atoms with Gasteiger partial charge in [0.2, 0.25) is 0 Å². The Morgan fingerprint density at radius 2 is 1.71 bits per heavy atom. The number of halogens is 1. The van der Waals surface area contributed by atoms with Crippen LogP contribution in [0.4, 0.5) is 5.69 Å². The van der Waals surface area contributed by atoms with E-state index < -0.39 is 10.0 Å². The molecule has 0 saturated carbocycles. The van der Waals surface area contributed by atoms with Crippen LogP contribution in [-0.4, -0.2) is 13.5 Å². The van der Waals surface area contributed by atoms with Crippen molar-refractivity contribution in [3.8, 4) is 0 Å². The Kier molecular flexibility index (Phi) is 4.56. The predicted octanol–water partition coefficient (Wildman–Crippen LogP) is 3.25. The summed E-state index contributed by atoms with van der Waals surface area (Å²) in [6.07, 6.45) is 0. The Bertz CT molecular complexity index is 755. The van der Waals surface area contributed by atoms with Crippen molar-refractivity contribution in [3.63, 3.8) is 0 Å². The average molecular weight is 326 g/mol. The largest absolute Gasteiger partial charge is 0.392 e. The molecule has 0 atom stereocenters. The van der Waals surface area contributed by atoms with E-state index in [1.165, 1.54) is 6.07 Å². The molecule has 0 aliphatic heterocycles. The quantitative estimate of drug-likeness (QED) is 0.906. The van der Waals surface area contributed by atoms with E-state index >= 15 is 0 Å². The van der Waals surface area contributed by atoms with Crippen LogP contribution in [0, 0.1) is 13.8 Å². The summed E-state index contributed by atoms with van der Waals surface area (Å²) in [6, 6.07) is 9.67. The molecule has 0 saturated heterocycles. The molecule has 0 heterocycles. The van der Waals surface area contributed by atoms with Gasteiger partial charge in [-0.2, -0.15) is 0 Å². The summed E-state index contributed by atoms with van der Waals surface area (Å²) in [6.45, 7) is 3.36. The highest BCUT2D eigenvalue weighted by Crippen LogP contribution is 2.24. The molecule has 2 aromatic rings. The minimum Gasteiger partial charge on any atom is -0.392 e. The summed E-state index contributed by atoms with van der Waals surface area (Å²) < 4.78 is 27.4. The lowest BCUT2D eigenvalue weighted by atomic mass is 10.1. The Labute approximate surface area is 129 Å². The second-order valence-corrected chi connectivity index (χ2v) is 6.90. The summed E-state index contributed by atoms with van der Waals surface area (Å²) in [5.74, 6) is 0. The first-order valence-corrected chi connectivity index (χ1v) is 8.19. The van der Waals surface area contributed by atoms with Gasteiger partial charge in [-0.3, -0.25) is 4.72 Å². The van der Waals surface area contributed by atoms with Crippen molar-refractivity contribution in [3.05, 3.63) is 58.1 Å². The van der Waals surface area contributed by atoms with E-state index in [1.807, 2.05) is 6.92 Å². The van der Waals surface area contributed by atoms with E-state index in [0.29, 0.717) is 21.8 Å². The van der Waals surface area contributed by atoms with Crippen molar-refractivity contribution in [2.24, 2.45) is 0 Å². The predicted molar refractivity (Wildman–Crippen MR) is 84.1 cm³/mol. The topological polar surface area (TPSA) is 66.4 Å². The van der Waals surface area contributed by atoms with Crippen LogP contribution in [0.1, 0.15) is 16.7 Å². The summed E-state index contributed by atoms with van der Waals surface area (Å²) in [5.41, 5.74) is 2.52. The van der Waals surface area contributed by atoms with Crippen LogP contribution in [0.25, 0.3) is 0 Å². The zero-order valence-electron chi connectivity index (χ0n) is 11.7. The Morgan fingerprint density at radius 3 is 2.29 bits per heavy atom. The maximum absolute atomic E-state index is 12.5. The third kappa shape index (κ3) is 3.56. The second-order valence-electron chi connectivity index (χ2n) is 4.81. The Balaban J connectivity index is 2.42. The first kappa shape index (κ1) is 15.8. The smallest absolute Gasteiger partial charge is 0.262 e. The van der Waals surface area contributed by atoms with E-state index in [-0.39, 0.29) is 11.5 Å². The number of anilines is 1. The van der Waals surface area contributed by atoms with Crippen LogP contribution in [0.3, 0.4) is 0 Å². The molecule has 0 amide bonds. The van der Waals surface area contributed by atoms with Crippen LogP contribution in [0.5, 0.6) is 0 Å². The average Bonchev–Trinajstić information content (AvgIpc) is 2.41. The van der Waals surface area contributed by atoms with Crippen molar-refractivity contribution in [1.29, 1.82) is 0 Å². The van der Waals surface area contributed by atoms with E-state index in [1.54, 1.807) is 37.3 Å². The summed E-state index contributed by atoms with van der Waals surface area (Å²) in [7, 11) is -3.71. The number of hydrogen-bond acceptors (Lipinski definition) is 3. The molecule has 0 fully saturated rings. The number of sulfonamides is 1. The second kappa shape index (κ2) is 6.05. The number of nitrogens with one attached hydrogen (secondary N) is 1. The number of benzene rings is 2. The number of aliphatic hydroxyl groups excluding tert-OH is 1. The van der Waals surface area contributed by atoms with Crippen LogP contribution in [-0.2, 0) is 16.6 Å². The highest BCUT2D eigenvalue weighted by molar-refractivity contribution is 7.92. The van der Waals surface area contributed by atoms with Gasteiger partial charge in [0.15, 0.2) is 0 Å². The summed E-state index contributed by atoms with van der Waals surface area (Å²) in [5, 5.41) is 9.82. The van der Waals surface area contributed by atoms with E-state index in [4.69, 9.17) is 11.6 Å². The highest BCUT2D eigenvalue weighted by atomic mass is 35.5. The monoisotopic (exact) mass is 325 g/mol. The molecule has 0 radical (unpaired) electrons. The van der Waals surface area contributed by atoms with Gasteiger partial charge in [-0.1, -0.05) is 17.7 Å². The molecule has 0 bridgehead atoms. The van der Waals surface area contributed by atoms with Gasteiger partial charge in [-0.05, 0) is 60.9 Å². The van der Waals surface area contributed by atoms with Gasteiger partial charge in [0.1, 0.15) is 0 Å². The lowest BCUT2D eigenvalue weighted by Crippen LogP contribution is -2.15. The van der Waals surface area contributed by atoms with Gasteiger partial charge < -0.3 is 5.11 Å². The normalized spacial score (nSPS) is 11.4. The molecule has 0 aliphatic carbocycles. The van der Waals surface area contributed by atoms with E-state index in [9.17, 15) is 13.5 Å². The highest BCUT2D eigenvalue weighted by Gasteiger charge is 2.18. The van der Waals surface area contributed by atoms with Crippen LogP contribution in [0.15, 0.2) is 41.3 Å². The number of hydrogen-bond donors (Lipinski definition) is 2. The zero-order chi connectivity index (χ0) is 15.6. The van der Waals surface area contributed by atoms with Crippen molar-refractivity contribution in [2.45, 2.75) is 25.3 Å².